The molecule has 0 aliphatic carbocycles. The first kappa shape index (κ1) is 25.9. The Kier molecular flexibility index (Phi) is 7.49. The molecule has 1 fully saturated rings. The number of ether oxygens (including phenoxy) is 4. The Morgan fingerprint density at radius 2 is 1.86 bits per heavy atom. The number of hydrogen-bond donors (Lipinski definition) is 1. The standard InChI is InChI=1S/C27H31NO7S/c1-6-32-26(31)34-22-15(2)16(3)23-20(17(22)4)11-12-27(5,35-23)14-33-19-9-7-18(8-10-19)13-21-24(29)28-25(30)36-21/h7-10,21H,6,11-14H2,1-5H3,(H,28,29,30). The summed E-state index contributed by atoms with van der Waals surface area (Å²) in [7, 11) is 0. The lowest BCUT2D eigenvalue weighted by atomic mass is 9.87. The molecule has 2 aromatic carbocycles. The molecule has 2 amide bonds. The van der Waals surface area contributed by atoms with Crippen molar-refractivity contribution in [3.05, 3.63) is 52.1 Å². The molecule has 2 aliphatic rings. The monoisotopic (exact) mass is 513 g/mol. The van der Waals surface area contributed by atoms with Crippen LogP contribution < -0.4 is 19.5 Å². The maximum atomic E-state index is 11.9. The first-order chi connectivity index (χ1) is 17.1. The summed E-state index contributed by atoms with van der Waals surface area (Å²) >= 11 is 1.03. The summed E-state index contributed by atoms with van der Waals surface area (Å²) < 4.78 is 23.0. The van der Waals surface area contributed by atoms with Gasteiger partial charge in [0.25, 0.3) is 5.24 Å². The van der Waals surface area contributed by atoms with Crippen LogP contribution in [0.25, 0.3) is 0 Å². The minimum Gasteiger partial charge on any atom is -0.489 e. The van der Waals surface area contributed by atoms with Gasteiger partial charge >= 0.3 is 6.16 Å². The molecule has 0 spiro atoms. The van der Waals surface area contributed by atoms with Gasteiger partial charge in [-0.15, -0.1) is 0 Å². The number of fused-ring (bicyclic) bond motifs is 1. The molecule has 0 aromatic heterocycles. The number of imide groups is 1. The number of carbonyl (C=O) groups is 3. The maximum absolute atomic E-state index is 11.9. The van der Waals surface area contributed by atoms with Gasteiger partial charge in [0.05, 0.1) is 11.9 Å². The summed E-state index contributed by atoms with van der Waals surface area (Å²) in [5, 5.41) is 1.63. The SMILES string of the molecule is CCOC(=O)Oc1c(C)c(C)c2c(c1C)CCC(C)(COc1ccc(CC3SC(=O)NC3=O)cc1)O2. The summed E-state index contributed by atoms with van der Waals surface area (Å²) in [6, 6.07) is 7.56. The summed E-state index contributed by atoms with van der Waals surface area (Å²) in [6.07, 6.45) is 1.28. The Morgan fingerprint density at radius 1 is 1.14 bits per heavy atom. The van der Waals surface area contributed by atoms with Gasteiger partial charge in [0, 0.05) is 5.56 Å². The van der Waals surface area contributed by atoms with Crippen LogP contribution in [0.1, 0.15) is 48.1 Å². The van der Waals surface area contributed by atoms with Crippen LogP contribution in [0.15, 0.2) is 24.3 Å². The average Bonchev–Trinajstić information content (AvgIpc) is 3.16. The topological polar surface area (TPSA) is 100 Å². The first-order valence-corrected chi connectivity index (χ1v) is 12.9. The average molecular weight is 514 g/mol. The van der Waals surface area contributed by atoms with Crippen molar-refractivity contribution in [3.8, 4) is 17.2 Å². The van der Waals surface area contributed by atoms with E-state index in [-0.39, 0.29) is 17.8 Å². The minimum atomic E-state index is -0.706. The minimum absolute atomic E-state index is 0.242. The van der Waals surface area contributed by atoms with Gasteiger partial charge in [-0.3, -0.25) is 14.9 Å². The van der Waals surface area contributed by atoms with E-state index in [4.69, 9.17) is 18.9 Å². The summed E-state index contributed by atoms with van der Waals surface area (Å²) in [5.41, 5.74) is 4.12. The van der Waals surface area contributed by atoms with Gasteiger partial charge in [-0.25, -0.2) is 4.79 Å². The molecule has 2 heterocycles. The third-order valence-electron chi connectivity index (χ3n) is 6.67. The van der Waals surface area contributed by atoms with E-state index < -0.39 is 17.0 Å². The molecular formula is C27H31NO7S. The molecule has 4 rings (SSSR count). The molecule has 192 valence electrons. The van der Waals surface area contributed by atoms with Gasteiger partial charge in [0.15, 0.2) is 0 Å². The van der Waals surface area contributed by atoms with Crippen molar-refractivity contribution >= 4 is 29.1 Å². The molecule has 0 saturated carbocycles. The zero-order valence-electron chi connectivity index (χ0n) is 21.2. The molecule has 2 aliphatic heterocycles. The lowest BCUT2D eigenvalue weighted by Gasteiger charge is -2.37. The van der Waals surface area contributed by atoms with Crippen LogP contribution in [0.5, 0.6) is 17.2 Å². The number of nitrogens with one attached hydrogen (secondary N) is 1. The highest BCUT2D eigenvalue weighted by molar-refractivity contribution is 8.15. The number of thioether (sulfide) groups is 1. The Labute approximate surface area is 215 Å². The van der Waals surface area contributed by atoms with E-state index in [2.05, 4.69) is 5.32 Å². The molecule has 0 bridgehead atoms. The maximum Gasteiger partial charge on any atom is 0.513 e. The largest absolute Gasteiger partial charge is 0.513 e. The van der Waals surface area contributed by atoms with Crippen molar-refractivity contribution < 1.29 is 33.3 Å². The Balaban J connectivity index is 1.42. The molecule has 36 heavy (non-hydrogen) atoms. The molecule has 1 saturated heterocycles. The fourth-order valence-corrected chi connectivity index (χ4v) is 5.33. The van der Waals surface area contributed by atoms with Crippen molar-refractivity contribution in [2.24, 2.45) is 0 Å². The van der Waals surface area contributed by atoms with Gasteiger partial charge in [-0.2, -0.15) is 0 Å². The first-order valence-electron chi connectivity index (χ1n) is 12.0. The van der Waals surface area contributed by atoms with E-state index >= 15 is 0 Å². The van der Waals surface area contributed by atoms with Crippen molar-refractivity contribution in [1.29, 1.82) is 0 Å². The van der Waals surface area contributed by atoms with Crippen LogP contribution >= 0.6 is 11.8 Å². The zero-order chi connectivity index (χ0) is 26.0. The number of hydrogen-bond acceptors (Lipinski definition) is 8. The highest BCUT2D eigenvalue weighted by atomic mass is 32.2. The molecule has 0 radical (unpaired) electrons. The number of amides is 2. The van der Waals surface area contributed by atoms with Gasteiger partial charge in [0.1, 0.15) is 29.5 Å². The second-order valence-electron chi connectivity index (χ2n) is 9.37. The van der Waals surface area contributed by atoms with Gasteiger partial charge < -0.3 is 18.9 Å². The van der Waals surface area contributed by atoms with E-state index in [1.165, 1.54) is 0 Å². The van der Waals surface area contributed by atoms with Crippen LogP contribution in [0.3, 0.4) is 0 Å². The van der Waals surface area contributed by atoms with Crippen molar-refractivity contribution in [3.63, 3.8) is 0 Å². The van der Waals surface area contributed by atoms with Gasteiger partial charge in [-0.05, 0) is 88.3 Å². The summed E-state index contributed by atoms with van der Waals surface area (Å²) in [4.78, 5) is 35.1. The normalized spacial score (nSPS) is 20.9. The Hall–Kier alpha value is -3.20. The molecule has 9 heteroatoms. The summed E-state index contributed by atoms with van der Waals surface area (Å²) in [5.74, 6) is 1.81. The predicted molar refractivity (Wildman–Crippen MR) is 136 cm³/mol. The molecule has 2 aromatic rings. The van der Waals surface area contributed by atoms with Crippen molar-refractivity contribution in [2.75, 3.05) is 13.2 Å². The van der Waals surface area contributed by atoms with E-state index in [0.717, 1.165) is 58.2 Å². The van der Waals surface area contributed by atoms with Gasteiger partial charge in [0.2, 0.25) is 5.91 Å². The molecule has 2 atom stereocenters. The van der Waals surface area contributed by atoms with E-state index in [9.17, 15) is 14.4 Å². The number of benzene rings is 2. The highest BCUT2D eigenvalue weighted by Crippen LogP contribution is 2.44. The fraction of sp³-hybridized carbons (Fsp3) is 0.444. The highest BCUT2D eigenvalue weighted by Gasteiger charge is 2.36. The Morgan fingerprint density at radius 3 is 2.50 bits per heavy atom. The number of carbonyl (C=O) groups excluding carboxylic acids is 3. The van der Waals surface area contributed by atoms with E-state index in [0.29, 0.717) is 24.5 Å². The second-order valence-corrected chi connectivity index (χ2v) is 10.5. The molecule has 1 N–H and O–H groups in total. The second kappa shape index (κ2) is 10.4. The summed E-state index contributed by atoms with van der Waals surface area (Å²) in [6.45, 7) is 10.2. The predicted octanol–water partition coefficient (Wildman–Crippen LogP) is 5.20. The Bertz CT molecular complexity index is 1190. The zero-order valence-corrected chi connectivity index (χ0v) is 22.0. The van der Waals surface area contributed by atoms with E-state index in [1.807, 2.05) is 52.0 Å². The number of rotatable bonds is 7. The molecule has 2 unspecified atom stereocenters. The van der Waals surface area contributed by atoms with Gasteiger partial charge in [-0.1, -0.05) is 23.9 Å². The third kappa shape index (κ3) is 5.46. The molecular weight excluding hydrogens is 482 g/mol. The lowest BCUT2D eigenvalue weighted by Crippen LogP contribution is -2.42. The van der Waals surface area contributed by atoms with Crippen molar-refractivity contribution in [2.45, 2.75) is 64.7 Å². The van der Waals surface area contributed by atoms with Crippen LogP contribution in [0, 0.1) is 20.8 Å². The molecule has 8 nitrogen and oxygen atoms in total. The lowest BCUT2D eigenvalue weighted by molar-refractivity contribution is -0.118. The fourth-order valence-electron chi connectivity index (χ4n) is 4.47. The van der Waals surface area contributed by atoms with Crippen LogP contribution in [-0.2, 0) is 22.4 Å². The van der Waals surface area contributed by atoms with E-state index in [1.54, 1.807) is 6.92 Å². The van der Waals surface area contributed by atoms with Crippen molar-refractivity contribution in [1.82, 2.24) is 5.32 Å². The van der Waals surface area contributed by atoms with Crippen LogP contribution in [0.2, 0.25) is 0 Å². The van der Waals surface area contributed by atoms with Crippen LogP contribution in [0.4, 0.5) is 9.59 Å². The van der Waals surface area contributed by atoms with Crippen LogP contribution in [-0.4, -0.2) is 41.4 Å². The third-order valence-corrected chi connectivity index (χ3v) is 7.65. The smallest absolute Gasteiger partial charge is 0.489 e. The quantitative estimate of drug-likeness (QED) is 0.398.